The van der Waals surface area contributed by atoms with Crippen LogP contribution in [0, 0.1) is 0 Å². The fourth-order valence-corrected chi connectivity index (χ4v) is 2.77. The minimum absolute atomic E-state index is 0.141. The molecule has 5 nitrogen and oxygen atoms in total. The molecule has 5 heteroatoms. The average molecular weight is 349 g/mol. The maximum absolute atomic E-state index is 5.45. The standard InChI is InChI=1S/C21H23N3O2/c1-21(2,3)20-15-11-17(25-4)18(26-5)12-16(15)23-19(24-20)9-8-14-7-6-10-22-13-14/h6-13H,1-5H3/b9-8+. The van der Waals surface area contributed by atoms with Gasteiger partial charge in [0.25, 0.3) is 0 Å². The van der Waals surface area contributed by atoms with Gasteiger partial charge in [0, 0.05) is 29.3 Å². The molecule has 0 amide bonds. The van der Waals surface area contributed by atoms with Gasteiger partial charge in [-0.15, -0.1) is 0 Å². The molecule has 2 heterocycles. The number of aromatic nitrogens is 3. The summed E-state index contributed by atoms with van der Waals surface area (Å²) in [6.07, 6.45) is 7.42. The van der Waals surface area contributed by atoms with E-state index in [4.69, 9.17) is 19.4 Å². The summed E-state index contributed by atoms with van der Waals surface area (Å²) in [7, 11) is 3.26. The number of rotatable bonds is 4. The zero-order chi connectivity index (χ0) is 18.7. The Morgan fingerprint density at radius 2 is 1.69 bits per heavy atom. The van der Waals surface area contributed by atoms with Crippen molar-refractivity contribution in [2.45, 2.75) is 26.2 Å². The number of pyridine rings is 1. The molecule has 0 saturated carbocycles. The monoisotopic (exact) mass is 349 g/mol. The quantitative estimate of drug-likeness (QED) is 0.693. The highest BCUT2D eigenvalue weighted by atomic mass is 16.5. The van der Waals surface area contributed by atoms with E-state index in [1.165, 1.54) is 0 Å². The van der Waals surface area contributed by atoms with Crippen molar-refractivity contribution in [2.75, 3.05) is 14.2 Å². The van der Waals surface area contributed by atoms with Gasteiger partial charge in [-0.1, -0.05) is 26.8 Å². The lowest BCUT2D eigenvalue weighted by Gasteiger charge is -2.21. The van der Waals surface area contributed by atoms with E-state index in [2.05, 4.69) is 25.8 Å². The van der Waals surface area contributed by atoms with Gasteiger partial charge in [-0.2, -0.15) is 0 Å². The number of hydrogen-bond donors (Lipinski definition) is 0. The van der Waals surface area contributed by atoms with Crippen LogP contribution in [0.3, 0.4) is 0 Å². The van der Waals surface area contributed by atoms with Crippen LogP contribution < -0.4 is 9.47 Å². The molecule has 1 aromatic carbocycles. The smallest absolute Gasteiger partial charge is 0.162 e. The molecule has 0 radical (unpaired) electrons. The molecule has 0 atom stereocenters. The van der Waals surface area contributed by atoms with Gasteiger partial charge in [0.05, 0.1) is 25.4 Å². The molecule has 3 aromatic rings. The molecule has 0 aliphatic heterocycles. The third-order valence-electron chi connectivity index (χ3n) is 4.04. The van der Waals surface area contributed by atoms with Crippen LogP contribution in [-0.4, -0.2) is 29.2 Å². The molecule has 0 aliphatic carbocycles. The fraction of sp³-hybridized carbons (Fsp3) is 0.286. The van der Waals surface area contributed by atoms with Crippen LogP contribution in [0.25, 0.3) is 23.1 Å². The second-order valence-corrected chi connectivity index (χ2v) is 7.02. The third kappa shape index (κ3) is 3.67. The molecule has 0 bridgehead atoms. The topological polar surface area (TPSA) is 57.1 Å². The predicted octanol–water partition coefficient (Wildman–Crippen LogP) is 4.51. The number of hydrogen-bond acceptors (Lipinski definition) is 5. The highest BCUT2D eigenvalue weighted by molar-refractivity contribution is 5.86. The Morgan fingerprint density at radius 3 is 2.31 bits per heavy atom. The van der Waals surface area contributed by atoms with E-state index in [1.54, 1.807) is 26.6 Å². The summed E-state index contributed by atoms with van der Waals surface area (Å²) >= 11 is 0. The third-order valence-corrected chi connectivity index (χ3v) is 4.04. The number of methoxy groups -OCH3 is 2. The fourth-order valence-electron chi connectivity index (χ4n) is 2.77. The summed E-state index contributed by atoms with van der Waals surface area (Å²) in [5.41, 5.74) is 2.65. The zero-order valence-corrected chi connectivity index (χ0v) is 15.8. The maximum atomic E-state index is 5.45. The van der Waals surface area contributed by atoms with Gasteiger partial charge in [0.2, 0.25) is 0 Å². The Morgan fingerprint density at radius 1 is 0.962 bits per heavy atom. The Hall–Kier alpha value is -2.95. The Labute approximate surface area is 153 Å². The molecule has 0 saturated heterocycles. The number of ether oxygens (including phenoxy) is 2. The Kier molecular flexibility index (Phi) is 4.89. The zero-order valence-electron chi connectivity index (χ0n) is 15.8. The molecule has 0 spiro atoms. The van der Waals surface area contributed by atoms with Gasteiger partial charge in [-0.25, -0.2) is 9.97 Å². The minimum Gasteiger partial charge on any atom is -0.493 e. The Balaban J connectivity index is 2.18. The van der Waals surface area contributed by atoms with Crippen LogP contribution in [0.15, 0.2) is 36.7 Å². The van der Waals surface area contributed by atoms with Crippen molar-refractivity contribution in [3.63, 3.8) is 0 Å². The van der Waals surface area contributed by atoms with Gasteiger partial charge in [-0.05, 0) is 29.8 Å². The first-order chi connectivity index (χ1) is 12.4. The van der Waals surface area contributed by atoms with E-state index >= 15 is 0 Å². The normalized spacial score (nSPS) is 11.9. The van der Waals surface area contributed by atoms with Crippen molar-refractivity contribution < 1.29 is 9.47 Å². The molecule has 0 aliphatic rings. The molecule has 3 rings (SSSR count). The van der Waals surface area contributed by atoms with Gasteiger partial charge >= 0.3 is 0 Å². The summed E-state index contributed by atoms with van der Waals surface area (Å²) in [6.45, 7) is 6.42. The highest BCUT2D eigenvalue weighted by Gasteiger charge is 2.22. The minimum atomic E-state index is -0.141. The predicted molar refractivity (Wildman–Crippen MR) is 105 cm³/mol. The molecule has 134 valence electrons. The van der Waals surface area contributed by atoms with Crippen molar-refractivity contribution >= 4 is 23.1 Å². The lowest BCUT2D eigenvalue weighted by Crippen LogP contribution is -2.15. The SMILES string of the molecule is COc1cc2nc(/C=C/c3cccnc3)nc(C(C)(C)C)c2cc1OC. The van der Waals surface area contributed by atoms with Gasteiger partial charge in [-0.3, -0.25) is 4.98 Å². The van der Waals surface area contributed by atoms with Crippen molar-refractivity contribution in [2.24, 2.45) is 0 Å². The first-order valence-corrected chi connectivity index (χ1v) is 8.44. The molecular formula is C21H23N3O2. The number of nitrogens with zero attached hydrogens (tertiary/aromatic N) is 3. The van der Waals surface area contributed by atoms with Crippen LogP contribution in [0.2, 0.25) is 0 Å². The largest absolute Gasteiger partial charge is 0.493 e. The van der Waals surface area contributed by atoms with Gasteiger partial charge < -0.3 is 9.47 Å². The van der Waals surface area contributed by atoms with E-state index in [9.17, 15) is 0 Å². The van der Waals surface area contributed by atoms with Crippen LogP contribution >= 0.6 is 0 Å². The van der Waals surface area contributed by atoms with E-state index in [-0.39, 0.29) is 5.41 Å². The molecule has 0 unspecified atom stereocenters. The molecule has 26 heavy (non-hydrogen) atoms. The van der Waals surface area contributed by atoms with E-state index < -0.39 is 0 Å². The number of fused-ring (bicyclic) bond motifs is 1. The summed E-state index contributed by atoms with van der Waals surface area (Å²) in [5, 5.41) is 0.966. The molecule has 2 aromatic heterocycles. The Bertz CT molecular complexity index is 945. The van der Waals surface area contributed by atoms with Crippen LogP contribution in [0.5, 0.6) is 11.5 Å². The molecular weight excluding hydrogens is 326 g/mol. The second-order valence-electron chi connectivity index (χ2n) is 7.02. The van der Waals surface area contributed by atoms with Gasteiger partial charge in [0.15, 0.2) is 17.3 Å². The average Bonchev–Trinajstić information content (AvgIpc) is 2.64. The number of benzene rings is 1. The van der Waals surface area contributed by atoms with E-state index in [0.29, 0.717) is 17.3 Å². The lowest BCUT2D eigenvalue weighted by atomic mass is 9.89. The van der Waals surface area contributed by atoms with Crippen molar-refractivity contribution in [3.8, 4) is 11.5 Å². The van der Waals surface area contributed by atoms with E-state index in [0.717, 1.165) is 22.2 Å². The lowest BCUT2D eigenvalue weighted by molar-refractivity contribution is 0.355. The van der Waals surface area contributed by atoms with E-state index in [1.807, 2.05) is 36.4 Å². The second kappa shape index (κ2) is 7.12. The van der Waals surface area contributed by atoms with Crippen LogP contribution in [0.4, 0.5) is 0 Å². The van der Waals surface area contributed by atoms with Crippen LogP contribution in [0.1, 0.15) is 37.9 Å². The van der Waals surface area contributed by atoms with Crippen molar-refractivity contribution in [1.82, 2.24) is 15.0 Å². The van der Waals surface area contributed by atoms with Crippen molar-refractivity contribution in [1.29, 1.82) is 0 Å². The van der Waals surface area contributed by atoms with Crippen molar-refractivity contribution in [3.05, 3.63) is 53.7 Å². The molecule has 0 N–H and O–H groups in total. The highest BCUT2D eigenvalue weighted by Crippen LogP contribution is 2.36. The maximum Gasteiger partial charge on any atom is 0.162 e. The summed E-state index contributed by atoms with van der Waals surface area (Å²) in [6, 6.07) is 7.73. The van der Waals surface area contributed by atoms with Crippen LogP contribution in [-0.2, 0) is 5.41 Å². The van der Waals surface area contributed by atoms with Gasteiger partial charge in [0.1, 0.15) is 0 Å². The molecule has 0 fully saturated rings. The summed E-state index contributed by atoms with van der Waals surface area (Å²) < 4.78 is 10.9. The first kappa shape index (κ1) is 17.9. The summed E-state index contributed by atoms with van der Waals surface area (Å²) in [5.74, 6) is 1.98. The summed E-state index contributed by atoms with van der Waals surface area (Å²) in [4.78, 5) is 13.6. The first-order valence-electron chi connectivity index (χ1n) is 8.44.